The third kappa shape index (κ3) is 4.99. The number of pyridine rings is 1. The first kappa shape index (κ1) is 23.9. The molecule has 1 aromatic carbocycles. The van der Waals surface area contributed by atoms with E-state index in [0.717, 1.165) is 36.8 Å². The summed E-state index contributed by atoms with van der Waals surface area (Å²) in [7, 11) is 1.59. The minimum absolute atomic E-state index is 0.0128. The van der Waals surface area contributed by atoms with E-state index in [1.165, 1.54) is 12.3 Å². The van der Waals surface area contributed by atoms with E-state index in [-0.39, 0.29) is 17.0 Å². The number of nitrogens with two attached hydrogens (primary N) is 1. The molecule has 0 amide bonds. The first-order chi connectivity index (χ1) is 15.2. The van der Waals surface area contributed by atoms with Crippen LogP contribution in [0.3, 0.4) is 0 Å². The van der Waals surface area contributed by atoms with Crippen LogP contribution in [0.15, 0.2) is 29.2 Å². The van der Waals surface area contributed by atoms with Gasteiger partial charge in [0.15, 0.2) is 16.9 Å². The number of methoxy groups -OCH3 is 1. The predicted molar refractivity (Wildman–Crippen MR) is 125 cm³/mol. The average molecular weight is 443 g/mol. The highest BCUT2D eigenvalue weighted by Gasteiger charge is 2.34. The molecule has 0 saturated carbocycles. The highest BCUT2D eigenvalue weighted by Crippen LogP contribution is 2.45. The number of rotatable bonds is 9. The molecule has 32 heavy (non-hydrogen) atoms. The summed E-state index contributed by atoms with van der Waals surface area (Å²) in [6.45, 7) is 7.67. The minimum atomic E-state index is -1.21. The lowest BCUT2D eigenvalue weighted by Crippen LogP contribution is -2.32. The highest BCUT2D eigenvalue weighted by atomic mass is 16.5. The van der Waals surface area contributed by atoms with Crippen LogP contribution in [0.5, 0.6) is 11.5 Å². The van der Waals surface area contributed by atoms with Crippen LogP contribution in [0, 0.1) is 5.41 Å². The number of carboxylic acid groups (broad SMARTS) is 1. The Morgan fingerprint density at radius 2 is 1.88 bits per heavy atom. The molecular formula is C25H34N2O5. The average Bonchev–Trinajstić information content (AvgIpc) is 2.73. The summed E-state index contributed by atoms with van der Waals surface area (Å²) < 4.78 is 13.6. The topological polar surface area (TPSA) is 104 Å². The summed E-state index contributed by atoms with van der Waals surface area (Å²) in [6, 6.07) is 5.31. The summed E-state index contributed by atoms with van der Waals surface area (Å²) in [5.41, 5.74) is 7.31. The van der Waals surface area contributed by atoms with Gasteiger partial charge < -0.3 is 24.9 Å². The fourth-order valence-electron chi connectivity index (χ4n) is 4.28. The van der Waals surface area contributed by atoms with Gasteiger partial charge in [-0.05, 0) is 48.9 Å². The number of fused-ring (bicyclic) bond motifs is 3. The van der Waals surface area contributed by atoms with Crippen molar-refractivity contribution in [2.75, 3.05) is 20.3 Å². The van der Waals surface area contributed by atoms with E-state index in [1.54, 1.807) is 7.11 Å². The number of benzene rings is 1. The maximum Gasteiger partial charge on any atom is 0.341 e. The molecule has 1 aliphatic rings. The zero-order valence-corrected chi connectivity index (χ0v) is 19.4. The third-order valence-corrected chi connectivity index (χ3v) is 6.08. The van der Waals surface area contributed by atoms with Gasteiger partial charge in [0, 0.05) is 23.9 Å². The summed E-state index contributed by atoms with van der Waals surface area (Å²) in [4.78, 5) is 24.1. The Morgan fingerprint density at radius 3 is 2.50 bits per heavy atom. The molecule has 7 nitrogen and oxygen atoms in total. The van der Waals surface area contributed by atoms with Crippen LogP contribution in [-0.2, 0) is 6.42 Å². The number of aromatic nitrogens is 1. The van der Waals surface area contributed by atoms with Crippen LogP contribution < -0.4 is 20.6 Å². The Morgan fingerprint density at radius 1 is 1.16 bits per heavy atom. The molecular weight excluding hydrogens is 408 g/mol. The monoisotopic (exact) mass is 442 g/mol. The molecule has 7 heteroatoms. The maximum atomic E-state index is 12.5. The van der Waals surface area contributed by atoms with Crippen LogP contribution in [0.1, 0.15) is 68.4 Å². The van der Waals surface area contributed by atoms with E-state index in [0.29, 0.717) is 36.8 Å². The van der Waals surface area contributed by atoms with Crippen molar-refractivity contribution in [3.05, 3.63) is 45.7 Å². The van der Waals surface area contributed by atoms with Crippen molar-refractivity contribution in [1.82, 2.24) is 4.57 Å². The van der Waals surface area contributed by atoms with Crippen LogP contribution >= 0.6 is 0 Å². The second-order valence-electron chi connectivity index (χ2n) is 9.45. The lowest BCUT2D eigenvalue weighted by atomic mass is 9.78. The van der Waals surface area contributed by atoms with E-state index in [1.807, 2.05) is 16.7 Å². The predicted octanol–water partition coefficient (Wildman–Crippen LogP) is 4.26. The van der Waals surface area contributed by atoms with Gasteiger partial charge in [-0.25, -0.2) is 4.79 Å². The molecule has 1 aliphatic heterocycles. The van der Waals surface area contributed by atoms with Crippen molar-refractivity contribution >= 4 is 5.97 Å². The van der Waals surface area contributed by atoms with Gasteiger partial charge in [0.05, 0.1) is 19.4 Å². The van der Waals surface area contributed by atoms with Crippen molar-refractivity contribution in [2.45, 2.75) is 58.9 Å². The first-order valence-electron chi connectivity index (χ1n) is 11.2. The van der Waals surface area contributed by atoms with E-state index < -0.39 is 11.4 Å². The van der Waals surface area contributed by atoms with Crippen LogP contribution in [0.25, 0.3) is 11.3 Å². The number of carboxylic acids is 1. The number of hydrogen-bond acceptors (Lipinski definition) is 5. The molecule has 0 fully saturated rings. The van der Waals surface area contributed by atoms with E-state index in [4.69, 9.17) is 15.2 Å². The molecule has 1 atom stereocenters. The fourth-order valence-corrected chi connectivity index (χ4v) is 4.28. The van der Waals surface area contributed by atoms with E-state index >= 15 is 0 Å². The van der Waals surface area contributed by atoms with Gasteiger partial charge >= 0.3 is 5.97 Å². The molecule has 1 aromatic heterocycles. The number of carbonyl (C=O) groups is 1. The molecule has 3 rings (SSSR count). The van der Waals surface area contributed by atoms with Gasteiger partial charge in [0.25, 0.3) is 0 Å². The summed E-state index contributed by atoms with van der Waals surface area (Å²) >= 11 is 0. The van der Waals surface area contributed by atoms with Crippen LogP contribution in [0.2, 0.25) is 0 Å². The Bertz CT molecular complexity index is 1040. The molecule has 0 saturated heterocycles. The fraction of sp³-hybridized carbons (Fsp3) is 0.520. The molecule has 0 radical (unpaired) electrons. The Kier molecular flexibility index (Phi) is 7.29. The lowest BCUT2D eigenvalue weighted by Gasteiger charge is -2.39. The van der Waals surface area contributed by atoms with Crippen LogP contribution in [-0.4, -0.2) is 35.9 Å². The second-order valence-corrected chi connectivity index (χ2v) is 9.45. The number of unbranched alkanes of at least 4 members (excludes halogenated alkanes) is 3. The Balaban J connectivity index is 2.01. The van der Waals surface area contributed by atoms with Crippen molar-refractivity contribution in [3.63, 3.8) is 0 Å². The number of aromatic carboxylic acids is 1. The molecule has 0 spiro atoms. The highest BCUT2D eigenvalue weighted by molar-refractivity contribution is 5.88. The maximum absolute atomic E-state index is 12.5. The molecule has 1 unspecified atom stereocenters. The standard InChI is InChI=1S/C25H34N2O5/c1-25(2,3)23-12-16-11-22(32-10-8-6-5-7-9-26)21(31-4)13-17(16)19-14-20(28)18(24(29)30)15-27(19)23/h11,13-15,23H,5-10,12,26H2,1-4H3,(H,29,30). The molecule has 3 N–H and O–H groups in total. The normalized spacial score (nSPS) is 15.1. The number of ether oxygens (including phenoxy) is 2. The summed E-state index contributed by atoms with van der Waals surface area (Å²) in [6.07, 6.45) is 6.32. The summed E-state index contributed by atoms with van der Waals surface area (Å²) in [5.74, 6) is 0.0773. The quantitative estimate of drug-likeness (QED) is 0.562. The van der Waals surface area contributed by atoms with Gasteiger partial charge in [0.1, 0.15) is 5.56 Å². The van der Waals surface area contributed by atoms with Gasteiger partial charge in [0.2, 0.25) is 0 Å². The third-order valence-electron chi connectivity index (χ3n) is 6.08. The van der Waals surface area contributed by atoms with Crippen molar-refractivity contribution in [1.29, 1.82) is 0 Å². The SMILES string of the molecule is COc1cc2c(cc1OCCCCCCN)CC(C(C)(C)C)n1cc(C(=O)O)c(=O)cc1-2. The van der Waals surface area contributed by atoms with Crippen LogP contribution in [0.4, 0.5) is 0 Å². The Hall–Kier alpha value is -2.80. The van der Waals surface area contributed by atoms with Crippen molar-refractivity contribution < 1.29 is 19.4 Å². The smallest absolute Gasteiger partial charge is 0.341 e. The van der Waals surface area contributed by atoms with E-state index in [9.17, 15) is 14.7 Å². The lowest BCUT2D eigenvalue weighted by molar-refractivity contribution is 0.0693. The first-order valence-corrected chi connectivity index (χ1v) is 11.2. The van der Waals surface area contributed by atoms with Gasteiger partial charge in [-0.1, -0.05) is 33.6 Å². The van der Waals surface area contributed by atoms with E-state index in [2.05, 4.69) is 20.8 Å². The van der Waals surface area contributed by atoms with Gasteiger partial charge in [-0.3, -0.25) is 4.79 Å². The number of hydrogen-bond donors (Lipinski definition) is 2. The Labute approximate surface area is 189 Å². The molecule has 174 valence electrons. The van der Waals surface area contributed by atoms with Gasteiger partial charge in [-0.2, -0.15) is 0 Å². The molecule has 0 bridgehead atoms. The zero-order valence-electron chi connectivity index (χ0n) is 19.4. The number of nitrogens with zero attached hydrogens (tertiary/aromatic N) is 1. The molecule has 2 heterocycles. The van der Waals surface area contributed by atoms with Gasteiger partial charge in [-0.15, -0.1) is 0 Å². The minimum Gasteiger partial charge on any atom is -0.493 e. The largest absolute Gasteiger partial charge is 0.493 e. The second kappa shape index (κ2) is 9.77. The zero-order chi connectivity index (χ0) is 23.5. The van der Waals surface area contributed by atoms with Crippen molar-refractivity contribution in [2.24, 2.45) is 11.1 Å². The summed E-state index contributed by atoms with van der Waals surface area (Å²) in [5, 5.41) is 9.46. The molecule has 2 aromatic rings. The molecule has 0 aliphatic carbocycles. The van der Waals surface area contributed by atoms with Crippen molar-refractivity contribution in [3.8, 4) is 22.8 Å².